The minimum absolute atomic E-state index is 0.0497. The van der Waals surface area contributed by atoms with Gasteiger partial charge in [-0.3, -0.25) is 9.59 Å². The molecule has 29 heavy (non-hydrogen) atoms. The summed E-state index contributed by atoms with van der Waals surface area (Å²) in [6.07, 6.45) is -0.0497. The summed E-state index contributed by atoms with van der Waals surface area (Å²) >= 11 is 1.24. The molecule has 0 spiro atoms. The summed E-state index contributed by atoms with van der Waals surface area (Å²) in [6.45, 7) is 2.44. The highest BCUT2D eigenvalue weighted by molar-refractivity contribution is 7.99. The van der Waals surface area contributed by atoms with Gasteiger partial charge in [-0.15, -0.1) is 10.2 Å². The Morgan fingerprint density at radius 3 is 2.45 bits per heavy atom. The van der Waals surface area contributed by atoms with Crippen molar-refractivity contribution < 1.29 is 14.0 Å². The van der Waals surface area contributed by atoms with Gasteiger partial charge in [-0.2, -0.15) is 0 Å². The van der Waals surface area contributed by atoms with Crippen LogP contribution in [0.25, 0.3) is 0 Å². The Labute approximate surface area is 171 Å². The van der Waals surface area contributed by atoms with Crippen molar-refractivity contribution in [1.82, 2.24) is 14.8 Å². The number of carbonyl (C=O) groups is 2. The van der Waals surface area contributed by atoms with E-state index in [9.17, 15) is 14.0 Å². The molecule has 2 aromatic carbocycles. The molecule has 0 atom stereocenters. The topological polar surface area (TPSA) is 88.9 Å². The van der Waals surface area contributed by atoms with Crippen molar-refractivity contribution in [1.29, 1.82) is 0 Å². The molecular weight excluding hydrogens is 393 g/mol. The zero-order chi connectivity index (χ0) is 20.6. The number of hydrogen-bond acceptors (Lipinski definition) is 5. The molecule has 2 N–H and O–H groups in total. The van der Waals surface area contributed by atoms with Crippen LogP contribution in [0.1, 0.15) is 12.7 Å². The first-order valence-corrected chi connectivity index (χ1v) is 9.99. The van der Waals surface area contributed by atoms with Crippen molar-refractivity contribution >= 4 is 35.0 Å². The third-order valence-corrected chi connectivity index (χ3v) is 4.93. The number of aromatic nitrogens is 3. The van der Waals surface area contributed by atoms with Crippen LogP contribution in [0.4, 0.5) is 15.8 Å². The molecule has 2 amide bonds. The second kappa shape index (κ2) is 9.83. The van der Waals surface area contributed by atoms with Gasteiger partial charge in [-0.1, -0.05) is 42.1 Å². The number of para-hydroxylation sites is 2. The van der Waals surface area contributed by atoms with Crippen LogP contribution >= 0.6 is 11.8 Å². The quantitative estimate of drug-likeness (QED) is 0.553. The fourth-order valence-corrected chi connectivity index (χ4v) is 3.44. The van der Waals surface area contributed by atoms with Crippen LogP contribution in [-0.2, 0) is 22.6 Å². The molecule has 3 rings (SSSR count). The number of nitrogens with zero attached hydrogens (tertiary/aromatic N) is 3. The number of carbonyl (C=O) groups excluding carboxylic acids is 2. The lowest BCUT2D eigenvalue weighted by molar-refractivity contribution is -0.116. The maximum atomic E-state index is 13.7. The molecule has 0 aliphatic heterocycles. The smallest absolute Gasteiger partial charge is 0.234 e. The fourth-order valence-electron chi connectivity index (χ4n) is 2.62. The van der Waals surface area contributed by atoms with E-state index in [2.05, 4.69) is 20.8 Å². The third-order valence-electron chi connectivity index (χ3n) is 3.97. The van der Waals surface area contributed by atoms with Crippen molar-refractivity contribution in [2.75, 3.05) is 16.4 Å². The number of hydrogen-bond donors (Lipinski definition) is 2. The minimum Gasteiger partial charge on any atom is -0.325 e. The number of nitrogens with one attached hydrogen (secondary N) is 2. The van der Waals surface area contributed by atoms with Gasteiger partial charge in [-0.05, 0) is 31.2 Å². The molecule has 150 valence electrons. The van der Waals surface area contributed by atoms with Crippen LogP contribution in [0, 0.1) is 5.82 Å². The number of halogens is 1. The SMILES string of the molecule is CCn1c(CC(=O)Nc2ccccc2F)nnc1SCC(=O)Nc1ccccc1. The van der Waals surface area contributed by atoms with Gasteiger partial charge in [0.05, 0.1) is 17.9 Å². The van der Waals surface area contributed by atoms with E-state index in [1.54, 1.807) is 16.7 Å². The number of anilines is 2. The summed E-state index contributed by atoms with van der Waals surface area (Å²) < 4.78 is 15.4. The molecule has 9 heteroatoms. The van der Waals surface area contributed by atoms with Crippen LogP contribution in [0.2, 0.25) is 0 Å². The molecule has 7 nitrogen and oxygen atoms in total. The van der Waals surface area contributed by atoms with Crippen LogP contribution in [-0.4, -0.2) is 32.3 Å². The number of amides is 2. The van der Waals surface area contributed by atoms with Crippen molar-refractivity contribution in [3.63, 3.8) is 0 Å². The van der Waals surface area contributed by atoms with E-state index in [1.165, 1.54) is 23.9 Å². The van der Waals surface area contributed by atoms with Crippen LogP contribution in [0.5, 0.6) is 0 Å². The van der Waals surface area contributed by atoms with Crippen molar-refractivity contribution in [3.8, 4) is 0 Å². The monoisotopic (exact) mass is 413 g/mol. The fraction of sp³-hybridized carbons (Fsp3) is 0.200. The maximum Gasteiger partial charge on any atom is 0.234 e. The van der Waals surface area contributed by atoms with Crippen LogP contribution in [0.3, 0.4) is 0 Å². The minimum atomic E-state index is -0.501. The average Bonchev–Trinajstić information content (AvgIpc) is 3.10. The Morgan fingerprint density at radius 1 is 1.00 bits per heavy atom. The highest BCUT2D eigenvalue weighted by Crippen LogP contribution is 2.19. The highest BCUT2D eigenvalue weighted by Gasteiger charge is 2.16. The number of benzene rings is 2. The summed E-state index contributed by atoms with van der Waals surface area (Å²) in [5.41, 5.74) is 0.841. The molecule has 0 unspecified atom stereocenters. The molecule has 0 saturated heterocycles. The predicted molar refractivity (Wildman–Crippen MR) is 110 cm³/mol. The molecule has 0 aliphatic rings. The molecule has 0 saturated carbocycles. The van der Waals surface area contributed by atoms with Gasteiger partial charge in [0.25, 0.3) is 0 Å². The highest BCUT2D eigenvalue weighted by atomic mass is 32.2. The lowest BCUT2D eigenvalue weighted by Gasteiger charge is -2.09. The van der Waals surface area contributed by atoms with Gasteiger partial charge in [0, 0.05) is 12.2 Å². The summed E-state index contributed by atoms with van der Waals surface area (Å²) in [7, 11) is 0. The van der Waals surface area contributed by atoms with Gasteiger partial charge < -0.3 is 15.2 Å². The maximum absolute atomic E-state index is 13.7. The summed E-state index contributed by atoms with van der Waals surface area (Å²) in [5.74, 6) is -0.443. The predicted octanol–water partition coefficient (Wildman–Crippen LogP) is 3.35. The number of thioether (sulfide) groups is 1. The second-order valence-corrected chi connectivity index (χ2v) is 6.99. The Bertz CT molecular complexity index is 994. The van der Waals surface area contributed by atoms with E-state index in [1.807, 2.05) is 37.3 Å². The lowest BCUT2D eigenvalue weighted by atomic mass is 10.3. The summed E-state index contributed by atoms with van der Waals surface area (Å²) in [4.78, 5) is 24.4. The Kier molecular flexibility index (Phi) is 6.96. The van der Waals surface area contributed by atoms with Crippen LogP contribution < -0.4 is 10.6 Å². The van der Waals surface area contributed by atoms with E-state index in [-0.39, 0.29) is 23.8 Å². The van der Waals surface area contributed by atoms with Gasteiger partial charge in [0.15, 0.2) is 5.16 Å². The molecule has 1 aromatic heterocycles. The Balaban J connectivity index is 1.58. The first-order chi connectivity index (χ1) is 14.1. The molecule has 1 heterocycles. The van der Waals surface area contributed by atoms with E-state index >= 15 is 0 Å². The molecular formula is C20H20FN5O2S. The standard InChI is InChI=1S/C20H20FN5O2S/c1-2-26-17(12-18(27)23-16-11-7-6-10-15(16)21)24-25-20(26)29-13-19(28)22-14-8-4-3-5-9-14/h3-11H,2,12-13H2,1H3,(H,22,28)(H,23,27). The second-order valence-electron chi connectivity index (χ2n) is 6.05. The zero-order valence-electron chi connectivity index (χ0n) is 15.8. The Hall–Kier alpha value is -3.20. The van der Waals surface area contributed by atoms with E-state index in [4.69, 9.17) is 0 Å². The lowest BCUT2D eigenvalue weighted by Crippen LogP contribution is -2.18. The van der Waals surface area contributed by atoms with Crippen molar-refractivity contribution in [3.05, 3.63) is 66.2 Å². The molecule has 0 bridgehead atoms. The zero-order valence-corrected chi connectivity index (χ0v) is 16.6. The first-order valence-electron chi connectivity index (χ1n) is 9.01. The third kappa shape index (κ3) is 5.64. The number of rotatable bonds is 8. The first kappa shape index (κ1) is 20.5. The van der Waals surface area contributed by atoms with Crippen LogP contribution in [0.15, 0.2) is 59.8 Å². The van der Waals surface area contributed by atoms with Gasteiger partial charge in [-0.25, -0.2) is 4.39 Å². The van der Waals surface area contributed by atoms with E-state index in [0.29, 0.717) is 17.5 Å². The van der Waals surface area contributed by atoms with Crippen molar-refractivity contribution in [2.45, 2.75) is 25.0 Å². The molecule has 0 aliphatic carbocycles. The molecule has 0 radical (unpaired) electrons. The summed E-state index contributed by atoms with van der Waals surface area (Å²) in [5, 5.41) is 14.0. The largest absolute Gasteiger partial charge is 0.325 e. The van der Waals surface area contributed by atoms with Gasteiger partial charge in [0.2, 0.25) is 11.8 Å². The van der Waals surface area contributed by atoms with Gasteiger partial charge >= 0.3 is 0 Å². The molecule has 0 fully saturated rings. The molecule has 3 aromatic rings. The van der Waals surface area contributed by atoms with E-state index < -0.39 is 11.7 Å². The van der Waals surface area contributed by atoms with Crippen molar-refractivity contribution in [2.24, 2.45) is 0 Å². The van der Waals surface area contributed by atoms with E-state index in [0.717, 1.165) is 5.69 Å². The van der Waals surface area contributed by atoms with Gasteiger partial charge in [0.1, 0.15) is 11.6 Å². The average molecular weight is 413 g/mol. The normalized spacial score (nSPS) is 10.6. The Morgan fingerprint density at radius 2 is 1.72 bits per heavy atom. The summed E-state index contributed by atoms with van der Waals surface area (Å²) in [6, 6.07) is 15.1.